The first-order chi connectivity index (χ1) is 7.07. The lowest BCUT2D eigenvalue weighted by Gasteiger charge is -2.24. The molecule has 1 aromatic carbocycles. The molecule has 1 unspecified atom stereocenters. The molecule has 0 aliphatic rings. The van der Waals surface area contributed by atoms with Gasteiger partial charge in [0.2, 0.25) is 0 Å². The first-order valence-electron chi connectivity index (χ1n) is 5.49. The van der Waals surface area contributed by atoms with Gasteiger partial charge < -0.3 is 10.5 Å². The molecule has 0 fully saturated rings. The van der Waals surface area contributed by atoms with Crippen LogP contribution in [0.2, 0.25) is 0 Å². The van der Waals surface area contributed by atoms with Crippen LogP contribution in [-0.4, -0.2) is 12.6 Å². The Hall–Kier alpha value is -1.02. The first kappa shape index (κ1) is 12.1. The van der Waals surface area contributed by atoms with Crippen molar-refractivity contribution in [3.05, 3.63) is 29.8 Å². The molecule has 0 amide bonds. The lowest BCUT2D eigenvalue weighted by molar-refractivity contribution is 0.412. The van der Waals surface area contributed by atoms with E-state index in [4.69, 9.17) is 10.5 Å². The van der Waals surface area contributed by atoms with Crippen LogP contribution < -0.4 is 10.5 Å². The lowest BCUT2D eigenvalue weighted by Crippen LogP contribution is -2.38. The number of methoxy groups -OCH3 is 1. The van der Waals surface area contributed by atoms with E-state index in [0.29, 0.717) is 0 Å². The van der Waals surface area contributed by atoms with E-state index in [0.717, 1.165) is 25.0 Å². The van der Waals surface area contributed by atoms with E-state index >= 15 is 0 Å². The standard InChI is InChI=1S/C13H21NO/c1-4-9-13(2,14)10-11-5-7-12(15-3)8-6-11/h5-8H,4,9-10,14H2,1-3H3. The van der Waals surface area contributed by atoms with Crippen LogP contribution in [0.4, 0.5) is 0 Å². The van der Waals surface area contributed by atoms with Crippen molar-refractivity contribution in [1.82, 2.24) is 0 Å². The fraction of sp³-hybridized carbons (Fsp3) is 0.538. The van der Waals surface area contributed by atoms with Gasteiger partial charge in [0.1, 0.15) is 5.75 Å². The molecule has 0 spiro atoms. The van der Waals surface area contributed by atoms with Crippen molar-refractivity contribution in [2.24, 2.45) is 5.73 Å². The zero-order valence-corrected chi connectivity index (χ0v) is 9.92. The molecule has 0 bridgehead atoms. The molecule has 1 atom stereocenters. The van der Waals surface area contributed by atoms with Crippen LogP contribution in [0.25, 0.3) is 0 Å². The molecule has 2 nitrogen and oxygen atoms in total. The summed E-state index contributed by atoms with van der Waals surface area (Å²) in [7, 11) is 1.68. The third-order valence-corrected chi connectivity index (χ3v) is 2.59. The molecule has 2 heteroatoms. The van der Waals surface area contributed by atoms with Gasteiger partial charge in [-0.25, -0.2) is 0 Å². The van der Waals surface area contributed by atoms with Gasteiger partial charge in [-0.3, -0.25) is 0 Å². The monoisotopic (exact) mass is 207 g/mol. The largest absolute Gasteiger partial charge is 0.497 e. The van der Waals surface area contributed by atoms with Crippen molar-refractivity contribution in [1.29, 1.82) is 0 Å². The minimum atomic E-state index is -0.0939. The summed E-state index contributed by atoms with van der Waals surface area (Å²) in [6.45, 7) is 4.28. The third kappa shape index (κ3) is 3.92. The molecule has 1 aromatic rings. The number of hydrogen-bond donors (Lipinski definition) is 1. The van der Waals surface area contributed by atoms with E-state index in [-0.39, 0.29) is 5.54 Å². The van der Waals surface area contributed by atoms with Crippen molar-refractivity contribution < 1.29 is 4.74 Å². The molecule has 84 valence electrons. The summed E-state index contributed by atoms with van der Waals surface area (Å²) in [6, 6.07) is 8.13. The van der Waals surface area contributed by atoms with Crippen LogP contribution in [0.5, 0.6) is 5.75 Å². The van der Waals surface area contributed by atoms with E-state index in [1.807, 2.05) is 12.1 Å². The van der Waals surface area contributed by atoms with Crippen LogP contribution in [0, 0.1) is 0 Å². The van der Waals surface area contributed by atoms with E-state index in [2.05, 4.69) is 26.0 Å². The van der Waals surface area contributed by atoms with Crippen LogP contribution >= 0.6 is 0 Å². The Morgan fingerprint density at radius 2 is 1.87 bits per heavy atom. The Morgan fingerprint density at radius 3 is 2.33 bits per heavy atom. The van der Waals surface area contributed by atoms with E-state index in [1.54, 1.807) is 7.11 Å². The number of rotatable bonds is 5. The molecule has 0 aromatic heterocycles. The Labute approximate surface area is 92.4 Å². The Bertz CT molecular complexity index is 290. The summed E-state index contributed by atoms with van der Waals surface area (Å²) in [5.74, 6) is 0.896. The van der Waals surface area contributed by atoms with Gasteiger partial charge in [-0.05, 0) is 37.5 Å². The number of nitrogens with two attached hydrogens (primary N) is 1. The topological polar surface area (TPSA) is 35.2 Å². The Kier molecular flexibility index (Phi) is 4.15. The van der Waals surface area contributed by atoms with E-state index < -0.39 is 0 Å². The molecule has 15 heavy (non-hydrogen) atoms. The van der Waals surface area contributed by atoms with Gasteiger partial charge in [-0.15, -0.1) is 0 Å². The molecule has 0 radical (unpaired) electrons. The highest BCUT2D eigenvalue weighted by atomic mass is 16.5. The van der Waals surface area contributed by atoms with Crippen molar-refractivity contribution in [3.8, 4) is 5.75 Å². The maximum atomic E-state index is 6.20. The van der Waals surface area contributed by atoms with Gasteiger partial charge in [0.25, 0.3) is 0 Å². The van der Waals surface area contributed by atoms with Crippen LogP contribution in [0.1, 0.15) is 32.3 Å². The highest BCUT2D eigenvalue weighted by Gasteiger charge is 2.17. The molecule has 1 rings (SSSR count). The second kappa shape index (κ2) is 5.17. The fourth-order valence-electron chi connectivity index (χ4n) is 1.87. The van der Waals surface area contributed by atoms with Crippen LogP contribution in [-0.2, 0) is 6.42 Å². The zero-order chi connectivity index (χ0) is 11.3. The first-order valence-corrected chi connectivity index (χ1v) is 5.49. The van der Waals surface area contributed by atoms with Crippen molar-refractivity contribution >= 4 is 0 Å². The predicted molar refractivity (Wildman–Crippen MR) is 64.2 cm³/mol. The molecule has 0 aliphatic heterocycles. The minimum absolute atomic E-state index is 0.0939. The summed E-state index contributed by atoms with van der Waals surface area (Å²) in [4.78, 5) is 0. The summed E-state index contributed by atoms with van der Waals surface area (Å²) in [6.07, 6.45) is 3.10. The SMILES string of the molecule is CCCC(C)(N)Cc1ccc(OC)cc1. The highest BCUT2D eigenvalue weighted by Crippen LogP contribution is 2.18. The summed E-state index contributed by atoms with van der Waals surface area (Å²) < 4.78 is 5.12. The normalized spacial score (nSPS) is 14.7. The maximum Gasteiger partial charge on any atom is 0.118 e. The van der Waals surface area contributed by atoms with Crippen molar-refractivity contribution in [2.45, 2.75) is 38.6 Å². The highest BCUT2D eigenvalue weighted by molar-refractivity contribution is 5.28. The average Bonchev–Trinajstić information content (AvgIpc) is 2.18. The summed E-state index contributed by atoms with van der Waals surface area (Å²) >= 11 is 0. The Morgan fingerprint density at radius 1 is 1.27 bits per heavy atom. The van der Waals surface area contributed by atoms with E-state index in [1.165, 1.54) is 5.56 Å². The zero-order valence-electron chi connectivity index (χ0n) is 9.92. The molecular weight excluding hydrogens is 186 g/mol. The molecule has 2 N–H and O–H groups in total. The second-order valence-corrected chi connectivity index (χ2v) is 4.43. The fourth-order valence-corrected chi connectivity index (χ4v) is 1.87. The number of benzene rings is 1. The lowest BCUT2D eigenvalue weighted by atomic mass is 9.90. The predicted octanol–water partition coefficient (Wildman–Crippen LogP) is 2.76. The van der Waals surface area contributed by atoms with Gasteiger partial charge in [-0.2, -0.15) is 0 Å². The average molecular weight is 207 g/mol. The van der Waals surface area contributed by atoms with Crippen LogP contribution in [0.3, 0.4) is 0 Å². The van der Waals surface area contributed by atoms with Gasteiger partial charge in [-0.1, -0.05) is 25.5 Å². The number of ether oxygens (including phenoxy) is 1. The Balaban J connectivity index is 2.64. The molecule has 0 aliphatic carbocycles. The van der Waals surface area contributed by atoms with E-state index in [9.17, 15) is 0 Å². The number of hydrogen-bond acceptors (Lipinski definition) is 2. The molecule has 0 heterocycles. The van der Waals surface area contributed by atoms with Crippen molar-refractivity contribution in [2.75, 3.05) is 7.11 Å². The molecular formula is C13H21NO. The maximum absolute atomic E-state index is 6.20. The second-order valence-electron chi connectivity index (χ2n) is 4.43. The summed E-state index contributed by atoms with van der Waals surface area (Å²) in [5, 5.41) is 0. The quantitative estimate of drug-likeness (QED) is 0.805. The van der Waals surface area contributed by atoms with Gasteiger partial charge in [0, 0.05) is 5.54 Å². The van der Waals surface area contributed by atoms with Gasteiger partial charge in [0.05, 0.1) is 7.11 Å². The van der Waals surface area contributed by atoms with Crippen LogP contribution in [0.15, 0.2) is 24.3 Å². The minimum Gasteiger partial charge on any atom is -0.497 e. The summed E-state index contributed by atoms with van der Waals surface area (Å²) in [5.41, 5.74) is 7.38. The third-order valence-electron chi connectivity index (χ3n) is 2.59. The van der Waals surface area contributed by atoms with Crippen molar-refractivity contribution in [3.63, 3.8) is 0 Å². The van der Waals surface area contributed by atoms with Gasteiger partial charge in [0.15, 0.2) is 0 Å². The molecule has 0 saturated heterocycles. The smallest absolute Gasteiger partial charge is 0.118 e. The van der Waals surface area contributed by atoms with Gasteiger partial charge >= 0.3 is 0 Å². The molecule has 0 saturated carbocycles.